The number of ether oxygens (including phenoxy) is 2. The molecule has 0 amide bonds. The largest absolute Gasteiger partial charge is 0.493 e. The van der Waals surface area contributed by atoms with Gasteiger partial charge in [-0.3, -0.25) is 0 Å². The Morgan fingerprint density at radius 3 is 2.58 bits per heavy atom. The molecular weight excluding hydrogens is 396 g/mol. The summed E-state index contributed by atoms with van der Waals surface area (Å²) in [5.41, 5.74) is 1.06. The van der Waals surface area contributed by atoms with Gasteiger partial charge in [-0.05, 0) is 66.5 Å². The van der Waals surface area contributed by atoms with Gasteiger partial charge in [0.25, 0.3) is 0 Å². The highest BCUT2D eigenvalue weighted by Gasteiger charge is 2.11. The van der Waals surface area contributed by atoms with Gasteiger partial charge in [-0.25, -0.2) is 4.99 Å². The fourth-order valence-corrected chi connectivity index (χ4v) is 3.74. The van der Waals surface area contributed by atoms with Crippen LogP contribution in [0.15, 0.2) is 21.6 Å². The molecule has 146 valence electrons. The van der Waals surface area contributed by atoms with E-state index in [1.165, 1.54) is 32.4 Å². The molecule has 1 aromatic carbocycles. The Hall–Kier alpha value is -1.47. The molecule has 0 unspecified atom stereocenters. The summed E-state index contributed by atoms with van der Waals surface area (Å²) in [6.45, 7) is 7.88. The molecule has 0 bridgehead atoms. The molecule has 0 saturated carbocycles. The van der Waals surface area contributed by atoms with E-state index >= 15 is 0 Å². The number of guanidine groups is 1. The predicted octanol–water partition coefficient (Wildman–Crippen LogP) is 3.01. The lowest BCUT2D eigenvalue weighted by Gasteiger charge is -2.26. The van der Waals surface area contributed by atoms with Crippen LogP contribution in [0, 0.1) is 0 Å². The Balaban J connectivity index is 1.94. The minimum atomic E-state index is 0.567. The van der Waals surface area contributed by atoms with Crippen LogP contribution in [0.25, 0.3) is 0 Å². The molecule has 0 aliphatic carbocycles. The van der Waals surface area contributed by atoms with Crippen molar-refractivity contribution in [2.45, 2.75) is 32.7 Å². The van der Waals surface area contributed by atoms with Crippen LogP contribution < -0.4 is 20.1 Å². The lowest BCUT2D eigenvalue weighted by molar-refractivity contribution is 0.232. The summed E-state index contributed by atoms with van der Waals surface area (Å²) in [5.74, 6) is 2.25. The van der Waals surface area contributed by atoms with E-state index in [1.807, 2.05) is 12.1 Å². The summed E-state index contributed by atoms with van der Waals surface area (Å²) in [4.78, 5) is 7.22. The first kappa shape index (κ1) is 20.8. The third-order valence-corrected chi connectivity index (χ3v) is 5.02. The fraction of sp³-hybridized carbons (Fsp3) is 0.632. The zero-order valence-corrected chi connectivity index (χ0v) is 17.7. The van der Waals surface area contributed by atoms with Crippen molar-refractivity contribution in [3.05, 3.63) is 22.2 Å². The number of rotatable bonds is 8. The van der Waals surface area contributed by atoms with Crippen molar-refractivity contribution in [1.29, 1.82) is 0 Å². The summed E-state index contributed by atoms with van der Waals surface area (Å²) in [6, 6.07) is 3.98. The Kier molecular flexibility index (Phi) is 9.05. The minimum Gasteiger partial charge on any atom is -0.493 e. The lowest BCUT2D eigenvalue weighted by Crippen LogP contribution is -2.42. The third kappa shape index (κ3) is 6.36. The minimum absolute atomic E-state index is 0.567. The molecule has 0 spiro atoms. The van der Waals surface area contributed by atoms with Crippen molar-refractivity contribution in [1.82, 2.24) is 15.5 Å². The van der Waals surface area contributed by atoms with Gasteiger partial charge < -0.3 is 25.0 Å². The first-order valence-corrected chi connectivity index (χ1v) is 10.1. The molecule has 1 aliphatic rings. The molecule has 6 nitrogen and oxygen atoms in total. The van der Waals surface area contributed by atoms with Gasteiger partial charge >= 0.3 is 0 Å². The fourth-order valence-electron chi connectivity index (χ4n) is 3.09. The van der Waals surface area contributed by atoms with Crippen LogP contribution in [0.4, 0.5) is 0 Å². The number of hydrogen-bond donors (Lipinski definition) is 2. The summed E-state index contributed by atoms with van der Waals surface area (Å²) in [6.07, 6.45) is 4.01. The Bertz CT molecular complexity index is 589. The number of halogens is 1. The van der Waals surface area contributed by atoms with Gasteiger partial charge in [0.1, 0.15) is 0 Å². The van der Waals surface area contributed by atoms with Crippen LogP contribution in [0.1, 0.15) is 31.7 Å². The van der Waals surface area contributed by atoms with E-state index in [0.29, 0.717) is 18.0 Å². The Morgan fingerprint density at radius 1 is 1.15 bits per heavy atom. The van der Waals surface area contributed by atoms with Crippen molar-refractivity contribution < 1.29 is 9.47 Å². The molecule has 7 heteroatoms. The highest BCUT2D eigenvalue weighted by Crippen LogP contribution is 2.36. The van der Waals surface area contributed by atoms with Crippen LogP contribution in [0.5, 0.6) is 11.5 Å². The molecule has 0 aromatic heterocycles. The summed E-state index contributed by atoms with van der Waals surface area (Å²) >= 11 is 3.53. The average Bonchev–Trinajstić information content (AvgIpc) is 2.66. The molecule has 26 heavy (non-hydrogen) atoms. The zero-order chi connectivity index (χ0) is 18.8. The SMILES string of the molecule is CCNC(=NCc1cc(Br)c(OC)c(OC)c1)NCCN1CCCCC1. The van der Waals surface area contributed by atoms with E-state index in [1.54, 1.807) is 14.2 Å². The highest BCUT2D eigenvalue weighted by atomic mass is 79.9. The molecule has 2 N–H and O–H groups in total. The van der Waals surface area contributed by atoms with Gasteiger partial charge in [-0.15, -0.1) is 0 Å². The second-order valence-corrected chi connectivity index (χ2v) is 7.19. The van der Waals surface area contributed by atoms with Gasteiger partial charge in [0.2, 0.25) is 0 Å². The molecular formula is C19H31BrN4O2. The van der Waals surface area contributed by atoms with Gasteiger partial charge in [-0.1, -0.05) is 6.42 Å². The number of methoxy groups -OCH3 is 2. The van der Waals surface area contributed by atoms with Gasteiger partial charge in [0, 0.05) is 19.6 Å². The molecule has 1 heterocycles. The standard InChI is InChI=1S/C19H31BrN4O2/c1-4-21-19(22-8-11-24-9-6-5-7-10-24)23-14-15-12-16(20)18(26-3)17(13-15)25-2/h12-13H,4-11,14H2,1-3H3,(H2,21,22,23). The summed E-state index contributed by atoms with van der Waals surface area (Å²) in [5, 5.41) is 6.74. The topological polar surface area (TPSA) is 58.1 Å². The Labute approximate surface area is 165 Å². The normalized spacial score (nSPS) is 15.6. The molecule has 2 rings (SSSR count). The molecule has 1 aromatic rings. The second-order valence-electron chi connectivity index (χ2n) is 6.34. The Morgan fingerprint density at radius 2 is 1.92 bits per heavy atom. The summed E-state index contributed by atoms with van der Waals surface area (Å²) < 4.78 is 11.6. The smallest absolute Gasteiger partial charge is 0.191 e. The van der Waals surface area contributed by atoms with Gasteiger partial charge in [0.05, 0.1) is 25.2 Å². The monoisotopic (exact) mass is 426 g/mol. The van der Waals surface area contributed by atoms with Crippen LogP contribution >= 0.6 is 15.9 Å². The van der Waals surface area contributed by atoms with Crippen LogP contribution in [-0.2, 0) is 6.54 Å². The maximum atomic E-state index is 5.40. The van der Waals surface area contributed by atoms with Crippen molar-refractivity contribution in [3.63, 3.8) is 0 Å². The average molecular weight is 427 g/mol. The first-order chi connectivity index (χ1) is 12.7. The van der Waals surface area contributed by atoms with Crippen LogP contribution in [0.3, 0.4) is 0 Å². The molecule has 1 saturated heterocycles. The first-order valence-electron chi connectivity index (χ1n) is 9.32. The van der Waals surface area contributed by atoms with Gasteiger partial charge in [-0.2, -0.15) is 0 Å². The number of nitrogens with zero attached hydrogens (tertiary/aromatic N) is 2. The van der Waals surface area contributed by atoms with E-state index in [-0.39, 0.29) is 0 Å². The maximum Gasteiger partial charge on any atom is 0.191 e. The number of hydrogen-bond acceptors (Lipinski definition) is 4. The molecule has 0 atom stereocenters. The highest BCUT2D eigenvalue weighted by molar-refractivity contribution is 9.10. The van der Waals surface area contributed by atoms with Crippen molar-refractivity contribution in [2.75, 3.05) is 46.9 Å². The zero-order valence-electron chi connectivity index (χ0n) is 16.1. The van der Waals surface area contributed by atoms with E-state index in [0.717, 1.165) is 35.6 Å². The quantitative estimate of drug-likeness (QED) is 0.494. The van der Waals surface area contributed by atoms with Crippen molar-refractivity contribution >= 4 is 21.9 Å². The maximum absolute atomic E-state index is 5.40. The van der Waals surface area contributed by atoms with E-state index in [2.05, 4.69) is 38.4 Å². The third-order valence-electron chi connectivity index (χ3n) is 4.43. The van der Waals surface area contributed by atoms with E-state index in [9.17, 15) is 0 Å². The summed E-state index contributed by atoms with van der Waals surface area (Å²) in [7, 11) is 3.28. The van der Waals surface area contributed by atoms with Gasteiger partial charge in [0.15, 0.2) is 17.5 Å². The van der Waals surface area contributed by atoms with Crippen molar-refractivity contribution in [3.8, 4) is 11.5 Å². The number of nitrogens with one attached hydrogen (secondary N) is 2. The number of benzene rings is 1. The number of aliphatic imine (C=N–C) groups is 1. The lowest BCUT2D eigenvalue weighted by atomic mass is 10.1. The second kappa shape index (κ2) is 11.3. The predicted molar refractivity (Wildman–Crippen MR) is 110 cm³/mol. The van der Waals surface area contributed by atoms with Crippen LogP contribution in [-0.4, -0.2) is 57.8 Å². The van der Waals surface area contributed by atoms with E-state index < -0.39 is 0 Å². The molecule has 1 fully saturated rings. The van der Waals surface area contributed by atoms with Crippen LogP contribution in [0.2, 0.25) is 0 Å². The molecule has 0 radical (unpaired) electrons. The molecule has 1 aliphatic heterocycles. The number of piperidine rings is 1. The van der Waals surface area contributed by atoms with E-state index in [4.69, 9.17) is 14.5 Å². The van der Waals surface area contributed by atoms with Crippen molar-refractivity contribution in [2.24, 2.45) is 4.99 Å². The number of likely N-dealkylation sites (tertiary alicyclic amines) is 1.